The van der Waals surface area contributed by atoms with Gasteiger partial charge in [0.05, 0.1) is 13.2 Å². The van der Waals surface area contributed by atoms with Gasteiger partial charge in [-0.3, -0.25) is 4.90 Å². The number of thiocarbonyl (C=S) groups is 1. The van der Waals surface area contributed by atoms with E-state index in [9.17, 15) is 0 Å². The van der Waals surface area contributed by atoms with Crippen molar-refractivity contribution < 1.29 is 4.74 Å². The van der Waals surface area contributed by atoms with Crippen LogP contribution in [-0.2, 0) is 17.7 Å². The van der Waals surface area contributed by atoms with E-state index in [2.05, 4.69) is 77.2 Å². The van der Waals surface area contributed by atoms with E-state index in [1.165, 1.54) is 53.7 Å². The van der Waals surface area contributed by atoms with Crippen LogP contribution in [0.1, 0.15) is 48.4 Å². The number of ether oxygens (including phenoxy) is 1. The average Bonchev–Trinajstić information content (AvgIpc) is 2.86. The first-order valence-electron chi connectivity index (χ1n) is 13.3. The Bertz CT molecular complexity index is 989. The lowest BCUT2D eigenvalue weighted by Gasteiger charge is -2.32. The molecular formula is C29H42N4OS. The topological polar surface area (TPSA) is 31.0 Å². The summed E-state index contributed by atoms with van der Waals surface area (Å²) in [4.78, 5) is 7.40. The zero-order chi connectivity index (χ0) is 24.6. The number of anilines is 2. The van der Waals surface area contributed by atoms with Crippen LogP contribution in [0.4, 0.5) is 11.4 Å². The molecule has 35 heavy (non-hydrogen) atoms. The highest BCUT2D eigenvalue weighted by molar-refractivity contribution is 7.80. The average molecular weight is 495 g/mol. The van der Waals surface area contributed by atoms with Gasteiger partial charge in [0.1, 0.15) is 0 Å². The summed E-state index contributed by atoms with van der Waals surface area (Å²) in [6.07, 6.45) is 4.69. The number of fused-ring (bicyclic) bond motifs is 1. The van der Waals surface area contributed by atoms with Crippen LogP contribution in [0.25, 0.3) is 0 Å². The third kappa shape index (κ3) is 7.18. The van der Waals surface area contributed by atoms with Gasteiger partial charge in [0.25, 0.3) is 0 Å². The molecule has 0 bridgehead atoms. The van der Waals surface area contributed by atoms with Gasteiger partial charge in [-0.2, -0.15) is 0 Å². The molecule has 0 amide bonds. The van der Waals surface area contributed by atoms with Gasteiger partial charge in [-0.15, -0.1) is 0 Å². The lowest BCUT2D eigenvalue weighted by Crippen LogP contribution is -2.40. The molecule has 0 atom stereocenters. The Kier molecular flexibility index (Phi) is 9.41. The molecule has 2 aromatic rings. The first-order chi connectivity index (χ1) is 17.0. The molecule has 2 aliphatic rings. The number of benzene rings is 2. The van der Waals surface area contributed by atoms with E-state index < -0.39 is 0 Å². The van der Waals surface area contributed by atoms with E-state index in [-0.39, 0.29) is 0 Å². The predicted molar refractivity (Wildman–Crippen MR) is 152 cm³/mol. The van der Waals surface area contributed by atoms with Crippen molar-refractivity contribution in [1.82, 2.24) is 9.80 Å². The van der Waals surface area contributed by atoms with Gasteiger partial charge >= 0.3 is 0 Å². The summed E-state index contributed by atoms with van der Waals surface area (Å²) < 4.78 is 5.51. The largest absolute Gasteiger partial charge is 0.379 e. The van der Waals surface area contributed by atoms with Crippen molar-refractivity contribution in [1.29, 1.82) is 0 Å². The Labute approximate surface area is 217 Å². The maximum Gasteiger partial charge on any atom is 0.173 e. The minimum absolute atomic E-state index is 0.806. The van der Waals surface area contributed by atoms with Crippen molar-refractivity contribution in [3.05, 3.63) is 58.7 Å². The molecule has 6 heteroatoms. The smallest absolute Gasteiger partial charge is 0.173 e. The van der Waals surface area contributed by atoms with Crippen molar-refractivity contribution in [3.8, 4) is 0 Å². The Balaban J connectivity index is 1.45. The molecule has 1 saturated heterocycles. The summed E-state index contributed by atoms with van der Waals surface area (Å²) in [7, 11) is 0. The molecule has 0 unspecified atom stereocenters. The molecule has 1 N–H and O–H groups in total. The molecular weight excluding hydrogens is 452 g/mol. The number of rotatable bonds is 9. The van der Waals surface area contributed by atoms with Crippen molar-refractivity contribution in [2.45, 2.75) is 53.0 Å². The minimum Gasteiger partial charge on any atom is -0.379 e. The monoisotopic (exact) mass is 494 g/mol. The van der Waals surface area contributed by atoms with E-state index in [4.69, 9.17) is 17.0 Å². The van der Waals surface area contributed by atoms with Crippen LogP contribution < -0.4 is 10.2 Å². The Morgan fingerprint density at radius 1 is 1.03 bits per heavy atom. The lowest BCUT2D eigenvalue weighted by molar-refractivity contribution is 0.0368. The zero-order valence-electron chi connectivity index (χ0n) is 21.8. The molecule has 2 aliphatic heterocycles. The minimum atomic E-state index is 0.806. The summed E-state index contributed by atoms with van der Waals surface area (Å²) in [5, 5.41) is 4.33. The van der Waals surface area contributed by atoms with Crippen LogP contribution in [0.15, 0.2) is 36.4 Å². The molecule has 190 valence electrons. The van der Waals surface area contributed by atoms with Gasteiger partial charge in [-0.1, -0.05) is 25.1 Å². The summed E-state index contributed by atoms with van der Waals surface area (Å²) in [6, 6.07) is 13.5. The highest BCUT2D eigenvalue weighted by Crippen LogP contribution is 2.29. The fraction of sp³-hybridized carbons (Fsp3) is 0.552. The number of nitrogens with one attached hydrogen (secondary N) is 1. The van der Waals surface area contributed by atoms with E-state index in [1.807, 2.05) is 0 Å². The first-order valence-corrected chi connectivity index (χ1v) is 13.7. The van der Waals surface area contributed by atoms with Crippen LogP contribution in [0.3, 0.4) is 0 Å². The van der Waals surface area contributed by atoms with Gasteiger partial charge in [0.2, 0.25) is 0 Å². The van der Waals surface area contributed by atoms with Crippen LogP contribution in [0.2, 0.25) is 0 Å². The molecule has 0 spiro atoms. The lowest BCUT2D eigenvalue weighted by atomic mass is 9.98. The molecule has 0 saturated carbocycles. The van der Waals surface area contributed by atoms with Gasteiger partial charge in [0, 0.05) is 57.2 Å². The van der Waals surface area contributed by atoms with Gasteiger partial charge in [0.15, 0.2) is 5.11 Å². The maximum atomic E-state index is 5.95. The number of aryl methyl sites for hydroxylation is 3. The van der Waals surface area contributed by atoms with Gasteiger partial charge in [-0.05, 0) is 92.2 Å². The third-order valence-electron chi connectivity index (χ3n) is 7.28. The molecule has 1 fully saturated rings. The third-order valence-corrected chi connectivity index (χ3v) is 7.64. The van der Waals surface area contributed by atoms with E-state index in [1.54, 1.807) is 0 Å². The molecule has 0 aliphatic carbocycles. The molecule has 0 aromatic heterocycles. The number of morpholine rings is 1. The Hall–Kier alpha value is -2.15. The second-order valence-corrected chi connectivity index (χ2v) is 10.4. The normalized spacial score (nSPS) is 16.1. The highest BCUT2D eigenvalue weighted by Gasteiger charge is 2.18. The van der Waals surface area contributed by atoms with Crippen molar-refractivity contribution in [2.24, 2.45) is 0 Å². The quantitative estimate of drug-likeness (QED) is 0.471. The number of hydrogen-bond acceptors (Lipinski definition) is 4. The van der Waals surface area contributed by atoms with Gasteiger partial charge < -0.3 is 19.9 Å². The van der Waals surface area contributed by atoms with Crippen molar-refractivity contribution in [3.63, 3.8) is 0 Å². The second-order valence-electron chi connectivity index (χ2n) is 10.0. The summed E-state index contributed by atoms with van der Waals surface area (Å²) in [5.74, 6) is 0. The van der Waals surface area contributed by atoms with E-state index in [0.717, 1.165) is 69.7 Å². The maximum absolute atomic E-state index is 5.95. The summed E-state index contributed by atoms with van der Waals surface area (Å²) >= 11 is 5.95. The van der Waals surface area contributed by atoms with Crippen LogP contribution in [-0.4, -0.2) is 67.4 Å². The first kappa shape index (κ1) is 25.9. The fourth-order valence-electron chi connectivity index (χ4n) is 5.13. The zero-order valence-corrected chi connectivity index (χ0v) is 22.6. The molecule has 4 rings (SSSR count). The predicted octanol–water partition coefficient (Wildman–Crippen LogP) is 5.39. The Morgan fingerprint density at radius 3 is 2.63 bits per heavy atom. The van der Waals surface area contributed by atoms with E-state index >= 15 is 0 Å². The number of nitrogens with zero attached hydrogens (tertiary/aromatic N) is 3. The van der Waals surface area contributed by atoms with Crippen LogP contribution >= 0.6 is 12.2 Å². The Morgan fingerprint density at radius 2 is 1.86 bits per heavy atom. The standard InChI is InChI=1S/C29H42N4OS/c1-4-12-32-14-5-7-26-21-25(9-11-28(26)32)22-33(15-6-13-31-16-18-34-19-17-31)29(35)30-27-10-8-23(2)24(3)20-27/h8-11,20-21H,4-7,12-19,22H2,1-3H3,(H,30,35). The van der Waals surface area contributed by atoms with Crippen LogP contribution in [0.5, 0.6) is 0 Å². The SMILES string of the molecule is CCCN1CCCc2cc(CN(CCCN3CCOCC3)C(=S)Nc3ccc(C)c(C)c3)ccc21. The summed E-state index contributed by atoms with van der Waals surface area (Å²) in [5.41, 5.74) is 7.91. The molecule has 2 aromatic carbocycles. The van der Waals surface area contributed by atoms with E-state index in [0.29, 0.717) is 0 Å². The molecule has 2 heterocycles. The van der Waals surface area contributed by atoms with Gasteiger partial charge in [-0.25, -0.2) is 0 Å². The van der Waals surface area contributed by atoms with Crippen molar-refractivity contribution >= 4 is 28.7 Å². The summed E-state index contributed by atoms with van der Waals surface area (Å²) in [6.45, 7) is 15.5. The van der Waals surface area contributed by atoms with Crippen LogP contribution in [0, 0.1) is 13.8 Å². The molecule has 5 nitrogen and oxygen atoms in total. The second kappa shape index (κ2) is 12.7. The molecule has 0 radical (unpaired) electrons. The highest BCUT2D eigenvalue weighted by atomic mass is 32.1. The van der Waals surface area contributed by atoms with Crippen molar-refractivity contribution in [2.75, 3.05) is 62.7 Å². The number of hydrogen-bond donors (Lipinski definition) is 1. The fourth-order valence-corrected chi connectivity index (χ4v) is 5.41.